The van der Waals surface area contributed by atoms with Crippen molar-refractivity contribution in [3.8, 4) is 5.75 Å². The summed E-state index contributed by atoms with van der Waals surface area (Å²) in [5, 5.41) is 0.550. The molecule has 2 aliphatic rings. The van der Waals surface area contributed by atoms with Gasteiger partial charge in [-0.05, 0) is 35.7 Å². The molecule has 0 atom stereocenters. The van der Waals surface area contributed by atoms with E-state index in [1.165, 1.54) is 11.1 Å². The number of ether oxygens (including phenoxy) is 1. The molecule has 0 saturated carbocycles. The van der Waals surface area contributed by atoms with Crippen LogP contribution in [0.2, 0.25) is 5.02 Å². The molecule has 0 bridgehead atoms. The number of benzene rings is 2. The first-order valence-corrected chi connectivity index (χ1v) is 8.97. The van der Waals surface area contributed by atoms with Crippen molar-refractivity contribution < 1.29 is 9.53 Å². The van der Waals surface area contributed by atoms with Crippen LogP contribution in [0.25, 0.3) is 0 Å². The molecule has 5 heteroatoms. The van der Waals surface area contributed by atoms with Gasteiger partial charge in [-0.15, -0.1) is 0 Å². The third-order valence-corrected chi connectivity index (χ3v) is 5.45. The summed E-state index contributed by atoms with van der Waals surface area (Å²) in [6.45, 7) is 3.56. The summed E-state index contributed by atoms with van der Waals surface area (Å²) < 4.78 is 5.31. The largest absolute Gasteiger partial charge is 0.496 e. The van der Waals surface area contributed by atoms with Crippen LogP contribution in [0, 0.1) is 0 Å². The predicted octanol–water partition coefficient (Wildman–Crippen LogP) is 3.23. The Kier molecular flexibility index (Phi) is 4.40. The van der Waals surface area contributed by atoms with E-state index in [0.717, 1.165) is 32.6 Å². The van der Waals surface area contributed by atoms with Gasteiger partial charge in [0.2, 0.25) is 0 Å². The van der Waals surface area contributed by atoms with Crippen LogP contribution in [0.15, 0.2) is 42.5 Å². The summed E-state index contributed by atoms with van der Waals surface area (Å²) >= 11 is 6.05. The van der Waals surface area contributed by atoms with Crippen molar-refractivity contribution in [3.63, 3.8) is 0 Å². The summed E-state index contributed by atoms with van der Waals surface area (Å²) in [6, 6.07) is 14.2. The topological polar surface area (TPSA) is 32.8 Å². The lowest BCUT2D eigenvalue weighted by Gasteiger charge is -2.47. The molecule has 1 saturated heterocycles. The Balaban J connectivity index is 1.41. The molecule has 4 nitrogen and oxygen atoms in total. The zero-order chi connectivity index (χ0) is 17.4. The normalized spacial score (nSPS) is 17.8. The van der Waals surface area contributed by atoms with E-state index in [9.17, 15) is 4.79 Å². The number of amides is 1. The Bertz CT molecular complexity index is 802. The summed E-state index contributed by atoms with van der Waals surface area (Å²) in [7, 11) is 1.57. The Hall–Kier alpha value is -2.04. The number of likely N-dealkylation sites (tertiary alicyclic amines) is 1. The molecule has 2 aliphatic heterocycles. The van der Waals surface area contributed by atoms with E-state index in [2.05, 4.69) is 29.2 Å². The predicted molar refractivity (Wildman–Crippen MR) is 98.3 cm³/mol. The van der Waals surface area contributed by atoms with Crippen molar-refractivity contribution in [1.29, 1.82) is 0 Å². The lowest BCUT2D eigenvalue weighted by molar-refractivity contribution is 0.0216. The molecule has 0 aromatic heterocycles. The first-order chi connectivity index (χ1) is 12.2. The number of carbonyl (C=O) groups is 1. The summed E-state index contributed by atoms with van der Waals surface area (Å²) in [4.78, 5) is 17.1. The standard InChI is InChI=1S/C20H21ClN2O2/c1-25-19-7-6-16(21)10-18(19)20(24)23-12-17(13-23)22-9-8-14-4-2-3-5-15(14)11-22/h2-7,10,17H,8-9,11-13H2,1H3. The van der Waals surface area contributed by atoms with E-state index >= 15 is 0 Å². The van der Waals surface area contributed by atoms with Crippen LogP contribution in [0.5, 0.6) is 5.75 Å². The first kappa shape index (κ1) is 16.4. The number of nitrogens with zero attached hydrogens (tertiary/aromatic N) is 2. The minimum Gasteiger partial charge on any atom is -0.496 e. The Morgan fingerprint density at radius 1 is 1.16 bits per heavy atom. The minimum absolute atomic E-state index is 0.00647. The van der Waals surface area contributed by atoms with Gasteiger partial charge >= 0.3 is 0 Å². The van der Waals surface area contributed by atoms with Gasteiger partial charge in [0.25, 0.3) is 5.91 Å². The molecule has 1 amide bonds. The lowest BCUT2D eigenvalue weighted by atomic mass is 9.96. The number of hydrogen-bond acceptors (Lipinski definition) is 3. The van der Waals surface area contributed by atoms with Gasteiger partial charge in [-0.3, -0.25) is 9.69 Å². The molecular formula is C20H21ClN2O2. The van der Waals surface area contributed by atoms with Gasteiger partial charge in [-0.25, -0.2) is 0 Å². The molecule has 2 aromatic rings. The van der Waals surface area contributed by atoms with Gasteiger partial charge in [-0.1, -0.05) is 35.9 Å². The molecule has 4 rings (SSSR count). The zero-order valence-electron chi connectivity index (χ0n) is 14.2. The quantitative estimate of drug-likeness (QED) is 0.846. The Morgan fingerprint density at radius 3 is 2.68 bits per heavy atom. The highest BCUT2D eigenvalue weighted by Crippen LogP contribution is 2.28. The molecule has 0 unspecified atom stereocenters. The van der Waals surface area contributed by atoms with Crippen molar-refractivity contribution >= 4 is 17.5 Å². The van der Waals surface area contributed by atoms with E-state index < -0.39 is 0 Å². The number of methoxy groups -OCH3 is 1. The van der Waals surface area contributed by atoms with Gasteiger partial charge in [0.1, 0.15) is 5.75 Å². The maximum Gasteiger partial charge on any atom is 0.257 e. The number of halogens is 1. The van der Waals surface area contributed by atoms with E-state index in [1.807, 2.05) is 4.90 Å². The SMILES string of the molecule is COc1ccc(Cl)cc1C(=O)N1CC(N2CCc3ccccc3C2)C1. The molecule has 2 aromatic carbocycles. The monoisotopic (exact) mass is 356 g/mol. The maximum atomic E-state index is 12.8. The molecular weight excluding hydrogens is 336 g/mol. The van der Waals surface area contributed by atoms with Crippen LogP contribution in [0.4, 0.5) is 0 Å². The average molecular weight is 357 g/mol. The third-order valence-electron chi connectivity index (χ3n) is 5.22. The Labute approximate surface area is 152 Å². The van der Waals surface area contributed by atoms with Crippen molar-refractivity contribution in [3.05, 3.63) is 64.2 Å². The van der Waals surface area contributed by atoms with E-state index in [1.54, 1.807) is 25.3 Å². The second kappa shape index (κ2) is 6.70. The number of carbonyl (C=O) groups excluding carboxylic acids is 1. The number of fused-ring (bicyclic) bond motifs is 1. The van der Waals surface area contributed by atoms with Crippen molar-refractivity contribution in [1.82, 2.24) is 9.80 Å². The van der Waals surface area contributed by atoms with Gasteiger partial charge in [0.15, 0.2) is 0 Å². The molecule has 0 spiro atoms. The minimum atomic E-state index is -0.00647. The highest BCUT2D eigenvalue weighted by atomic mass is 35.5. The third kappa shape index (κ3) is 3.12. The van der Waals surface area contributed by atoms with Crippen molar-refractivity contribution in [2.45, 2.75) is 19.0 Å². The Morgan fingerprint density at radius 2 is 1.92 bits per heavy atom. The van der Waals surface area contributed by atoms with E-state index in [-0.39, 0.29) is 5.91 Å². The average Bonchev–Trinajstić information content (AvgIpc) is 2.60. The zero-order valence-corrected chi connectivity index (χ0v) is 15.0. The van der Waals surface area contributed by atoms with Crippen LogP contribution < -0.4 is 4.74 Å². The van der Waals surface area contributed by atoms with E-state index in [4.69, 9.17) is 16.3 Å². The smallest absolute Gasteiger partial charge is 0.257 e. The van der Waals surface area contributed by atoms with Gasteiger partial charge in [-0.2, -0.15) is 0 Å². The number of hydrogen-bond donors (Lipinski definition) is 0. The van der Waals surface area contributed by atoms with Crippen molar-refractivity contribution in [2.75, 3.05) is 26.7 Å². The van der Waals surface area contributed by atoms with Crippen LogP contribution >= 0.6 is 11.6 Å². The fraction of sp³-hybridized carbons (Fsp3) is 0.350. The van der Waals surface area contributed by atoms with Crippen LogP contribution in [-0.2, 0) is 13.0 Å². The van der Waals surface area contributed by atoms with E-state index in [0.29, 0.717) is 22.4 Å². The molecule has 1 fully saturated rings. The van der Waals surface area contributed by atoms with Gasteiger partial charge < -0.3 is 9.64 Å². The summed E-state index contributed by atoms with van der Waals surface area (Å²) in [5.74, 6) is 0.567. The second-order valence-corrected chi connectivity index (χ2v) is 7.13. The number of rotatable bonds is 3. The van der Waals surface area contributed by atoms with Crippen LogP contribution in [-0.4, -0.2) is 48.5 Å². The summed E-state index contributed by atoms with van der Waals surface area (Å²) in [5.41, 5.74) is 3.40. The maximum absolute atomic E-state index is 12.8. The highest BCUT2D eigenvalue weighted by Gasteiger charge is 2.37. The van der Waals surface area contributed by atoms with Crippen LogP contribution in [0.1, 0.15) is 21.5 Å². The first-order valence-electron chi connectivity index (χ1n) is 8.59. The molecule has 2 heterocycles. The van der Waals surface area contributed by atoms with Gasteiger partial charge in [0, 0.05) is 37.2 Å². The van der Waals surface area contributed by atoms with Gasteiger partial charge in [0.05, 0.1) is 12.7 Å². The molecule has 0 aliphatic carbocycles. The molecule has 130 valence electrons. The molecule has 25 heavy (non-hydrogen) atoms. The molecule has 0 radical (unpaired) electrons. The second-order valence-electron chi connectivity index (χ2n) is 6.70. The highest BCUT2D eigenvalue weighted by molar-refractivity contribution is 6.31. The molecule has 0 N–H and O–H groups in total. The fourth-order valence-corrected chi connectivity index (χ4v) is 3.87. The fourth-order valence-electron chi connectivity index (χ4n) is 3.70. The lowest BCUT2D eigenvalue weighted by Crippen LogP contribution is -2.61. The van der Waals surface area contributed by atoms with Crippen molar-refractivity contribution in [2.24, 2.45) is 0 Å². The summed E-state index contributed by atoms with van der Waals surface area (Å²) in [6.07, 6.45) is 1.09. The van der Waals surface area contributed by atoms with Crippen LogP contribution in [0.3, 0.4) is 0 Å².